The molecule has 3 rings (SSSR count). The van der Waals surface area contributed by atoms with Gasteiger partial charge in [-0.3, -0.25) is 4.79 Å². The van der Waals surface area contributed by atoms with Crippen molar-refractivity contribution in [3.8, 4) is 6.07 Å². The number of nitriles is 1. The third-order valence-electron chi connectivity index (χ3n) is 6.67. The Kier molecular flexibility index (Phi) is 8.71. The van der Waals surface area contributed by atoms with Crippen molar-refractivity contribution >= 4 is 35.1 Å². The molecule has 0 aromatic heterocycles. The quantitative estimate of drug-likeness (QED) is 0.463. The first-order valence-corrected chi connectivity index (χ1v) is 12.7. The number of likely N-dealkylation sites (tertiary alicyclic amines) is 1. The number of urea groups is 1. The second-order valence-electron chi connectivity index (χ2n) is 10.4. The summed E-state index contributed by atoms with van der Waals surface area (Å²) in [5, 5.41) is 15.9. The minimum absolute atomic E-state index is 0.00117. The summed E-state index contributed by atoms with van der Waals surface area (Å²) in [6, 6.07) is 8.87. The summed E-state index contributed by atoms with van der Waals surface area (Å²) in [6.45, 7) is 6.02. The number of halogens is 4. The minimum Gasteiger partial charge on any atom is -0.359 e. The molecule has 1 fully saturated rings. The molecular formula is C27H30Cl2F2N4O2. The lowest BCUT2D eigenvalue weighted by Gasteiger charge is -2.38. The van der Waals surface area contributed by atoms with Crippen LogP contribution in [-0.2, 0) is 10.2 Å². The molecule has 3 atom stereocenters. The Morgan fingerprint density at radius 1 is 1.22 bits per heavy atom. The number of carbonyl (C=O) groups excluding carboxylic acids is 2. The van der Waals surface area contributed by atoms with Crippen LogP contribution in [0.15, 0.2) is 36.4 Å². The average molecular weight is 551 g/mol. The Morgan fingerprint density at radius 2 is 1.92 bits per heavy atom. The molecule has 1 heterocycles. The molecule has 0 radical (unpaired) electrons. The molecule has 3 amide bonds. The monoisotopic (exact) mass is 550 g/mol. The van der Waals surface area contributed by atoms with Crippen LogP contribution in [0.4, 0.5) is 13.6 Å². The van der Waals surface area contributed by atoms with Gasteiger partial charge >= 0.3 is 6.03 Å². The zero-order chi connectivity index (χ0) is 27.5. The van der Waals surface area contributed by atoms with Crippen LogP contribution < -0.4 is 10.6 Å². The number of nitrogens with zero attached hydrogens (tertiary/aromatic N) is 2. The van der Waals surface area contributed by atoms with Crippen molar-refractivity contribution < 1.29 is 18.4 Å². The average Bonchev–Trinajstić information content (AvgIpc) is 3.13. The maximum Gasteiger partial charge on any atom is 0.318 e. The molecule has 6 nitrogen and oxygen atoms in total. The molecule has 0 bridgehead atoms. The van der Waals surface area contributed by atoms with Crippen molar-refractivity contribution in [2.75, 3.05) is 20.1 Å². The summed E-state index contributed by atoms with van der Waals surface area (Å²) < 4.78 is 31.1. The van der Waals surface area contributed by atoms with Crippen LogP contribution in [0, 0.1) is 34.3 Å². The SMILES string of the molecule is CNC(=O)CCNC(=O)N1CC(CC(C)(C)C)C(C#N)(c2ccc(Cl)cc2F)C1c1cccc(Cl)c1F. The van der Waals surface area contributed by atoms with Crippen LogP contribution in [0.2, 0.25) is 10.0 Å². The topological polar surface area (TPSA) is 85.2 Å². The van der Waals surface area contributed by atoms with Gasteiger partial charge in [-0.1, -0.05) is 62.2 Å². The van der Waals surface area contributed by atoms with E-state index in [9.17, 15) is 14.9 Å². The Morgan fingerprint density at radius 3 is 2.51 bits per heavy atom. The van der Waals surface area contributed by atoms with Gasteiger partial charge in [-0.15, -0.1) is 0 Å². The van der Waals surface area contributed by atoms with Crippen molar-refractivity contribution in [3.63, 3.8) is 0 Å². The van der Waals surface area contributed by atoms with Gasteiger partial charge in [0, 0.05) is 48.6 Å². The first-order valence-electron chi connectivity index (χ1n) is 11.9. The molecule has 1 aliphatic rings. The number of nitrogens with one attached hydrogen (secondary N) is 2. The second kappa shape index (κ2) is 11.2. The summed E-state index contributed by atoms with van der Waals surface area (Å²) in [4.78, 5) is 26.5. The van der Waals surface area contributed by atoms with Gasteiger partial charge in [0.2, 0.25) is 5.91 Å². The fraction of sp³-hybridized carbons (Fsp3) is 0.444. The Balaban J connectivity index is 2.25. The van der Waals surface area contributed by atoms with Crippen LogP contribution >= 0.6 is 23.2 Å². The van der Waals surface area contributed by atoms with Gasteiger partial charge in [-0.25, -0.2) is 13.6 Å². The lowest BCUT2D eigenvalue weighted by atomic mass is 9.63. The molecule has 198 valence electrons. The first kappa shape index (κ1) is 28.7. The highest BCUT2D eigenvalue weighted by molar-refractivity contribution is 6.31. The number of rotatable bonds is 6. The molecule has 2 aromatic carbocycles. The van der Waals surface area contributed by atoms with E-state index in [0.29, 0.717) is 6.42 Å². The number of hydrogen-bond donors (Lipinski definition) is 2. The van der Waals surface area contributed by atoms with E-state index >= 15 is 8.78 Å². The van der Waals surface area contributed by atoms with Crippen molar-refractivity contribution in [2.24, 2.45) is 11.3 Å². The van der Waals surface area contributed by atoms with Gasteiger partial charge in [0.25, 0.3) is 0 Å². The second-order valence-corrected chi connectivity index (χ2v) is 11.3. The molecule has 0 spiro atoms. The fourth-order valence-electron chi connectivity index (χ4n) is 5.18. The molecule has 1 aliphatic heterocycles. The third kappa shape index (κ3) is 5.83. The number of carbonyl (C=O) groups is 2. The molecule has 1 saturated heterocycles. The predicted molar refractivity (Wildman–Crippen MR) is 139 cm³/mol. The Bertz CT molecular complexity index is 1230. The first-order chi connectivity index (χ1) is 17.4. The highest BCUT2D eigenvalue weighted by Gasteiger charge is 2.60. The summed E-state index contributed by atoms with van der Waals surface area (Å²) in [6.07, 6.45) is 0.468. The summed E-state index contributed by atoms with van der Waals surface area (Å²) >= 11 is 12.1. The van der Waals surface area contributed by atoms with Gasteiger partial charge in [-0.05, 0) is 30.0 Å². The Labute approximate surface area is 225 Å². The molecule has 3 unspecified atom stereocenters. The van der Waals surface area contributed by atoms with E-state index in [4.69, 9.17) is 23.2 Å². The zero-order valence-electron chi connectivity index (χ0n) is 21.2. The molecule has 37 heavy (non-hydrogen) atoms. The van der Waals surface area contributed by atoms with Crippen molar-refractivity contribution in [3.05, 3.63) is 69.2 Å². The van der Waals surface area contributed by atoms with Crippen molar-refractivity contribution in [1.82, 2.24) is 15.5 Å². The maximum atomic E-state index is 15.6. The maximum absolute atomic E-state index is 15.6. The number of amides is 3. The smallest absolute Gasteiger partial charge is 0.318 e. The Hall–Kier alpha value is -2.89. The third-order valence-corrected chi connectivity index (χ3v) is 7.20. The highest BCUT2D eigenvalue weighted by Crippen LogP contribution is 2.56. The minimum atomic E-state index is -1.66. The van der Waals surface area contributed by atoms with Gasteiger partial charge in [0.15, 0.2) is 0 Å². The lowest BCUT2D eigenvalue weighted by Crippen LogP contribution is -2.44. The zero-order valence-corrected chi connectivity index (χ0v) is 22.7. The summed E-state index contributed by atoms with van der Waals surface area (Å²) in [5.41, 5.74) is -1.94. The van der Waals surface area contributed by atoms with Crippen LogP contribution in [0.5, 0.6) is 0 Å². The van der Waals surface area contributed by atoms with E-state index in [1.54, 1.807) is 0 Å². The van der Waals surface area contributed by atoms with Crippen molar-refractivity contribution in [1.29, 1.82) is 5.26 Å². The van der Waals surface area contributed by atoms with Crippen LogP contribution in [0.1, 0.15) is 50.8 Å². The van der Waals surface area contributed by atoms with Gasteiger partial charge < -0.3 is 15.5 Å². The van der Waals surface area contributed by atoms with E-state index in [-0.39, 0.29) is 52.0 Å². The van der Waals surface area contributed by atoms with E-state index < -0.39 is 35.0 Å². The van der Waals surface area contributed by atoms with Gasteiger partial charge in [0.05, 0.1) is 17.1 Å². The van der Waals surface area contributed by atoms with E-state index in [1.807, 2.05) is 20.8 Å². The predicted octanol–water partition coefficient (Wildman–Crippen LogP) is 5.99. The normalized spacial score (nSPS) is 21.4. The molecule has 2 aromatic rings. The largest absolute Gasteiger partial charge is 0.359 e. The number of hydrogen-bond acceptors (Lipinski definition) is 3. The highest BCUT2D eigenvalue weighted by atomic mass is 35.5. The van der Waals surface area contributed by atoms with Crippen LogP contribution in [-0.4, -0.2) is 37.0 Å². The van der Waals surface area contributed by atoms with E-state index in [1.165, 1.54) is 42.3 Å². The summed E-state index contributed by atoms with van der Waals surface area (Å²) in [5.74, 6) is -2.34. The van der Waals surface area contributed by atoms with Gasteiger partial charge in [-0.2, -0.15) is 5.26 Å². The molecule has 0 aliphatic carbocycles. The lowest BCUT2D eigenvalue weighted by molar-refractivity contribution is -0.120. The molecular weight excluding hydrogens is 521 g/mol. The van der Waals surface area contributed by atoms with E-state index in [2.05, 4.69) is 16.7 Å². The van der Waals surface area contributed by atoms with E-state index in [0.717, 1.165) is 6.07 Å². The van der Waals surface area contributed by atoms with Crippen LogP contribution in [0.3, 0.4) is 0 Å². The fourth-order valence-corrected chi connectivity index (χ4v) is 5.52. The molecule has 2 N–H and O–H groups in total. The number of benzene rings is 2. The molecule has 0 saturated carbocycles. The van der Waals surface area contributed by atoms with Gasteiger partial charge in [0.1, 0.15) is 17.0 Å². The van der Waals surface area contributed by atoms with Crippen LogP contribution in [0.25, 0.3) is 0 Å². The van der Waals surface area contributed by atoms with Crippen molar-refractivity contribution in [2.45, 2.75) is 45.1 Å². The summed E-state index contributed by atoms with van der Waals surface area (Å²) in [7, 11) is 1.49. The standard InChI is InChI=1S/C27H30Cl2F2N4O2/c1-26(2,3)13-16-14-35(25(37)34-11-10-22(36)33-4)24(18-6-5-7-20(29)23(18)31)27(16,15-32)19-9-8-17(28)12-21(19)30/h5-9,12,16,24H,10-11,13-14H2,1-4H3,(H,33,36)(H,34,37). The molecule has 10 heteroatoms.